The van der Waals surface area contributed by atoms with Crippen LogP contribution < -0.4 is 10.5 Å². The molecule has 0 aliphatic rings. The van der Waals surface area contributed by atoms with E-state index in [1.54, 1.807) is 6.07 Å². The van der Waals surface area contributed by atoms with Crippen molar-refractivity contribution >= 4 is 11.1 Å². The molecule has 0 spiro atoms. The number of nitrogens with two attached hydrogens (primary N) is 1. The second kappa shape index (κ2) is 6.10. The summed E-state index contributed by atoms with van der Waals surface area (Å²) in [6.07, 6.45) is -2.34. The van der Waals surface area contributed by atoms with Gasteiger partial charge in [-0.3, -0.25) is 0 Å². The minimum absolute atomic E-state index is 0.155. The molecule has 0 aliphatic carbocycles. The number of alkyl halides is 3. The van der Waals surface area contributed by atoms with Crippen LogP contribution in [0.5, 0.6) is 5.88 Å². The molecule has 2 heterocycles. The number of aliphatic hydroxyl groups excluding tert-OH is 1. The van der Waals surface area contributed by atoms with Gasteiger partial charge >= 0.3 is 6.36 Å². The summed E-state index contributed by atoms with van der Waals surface area (Å²) in [5, 5.41) is 9.49. The van der Waals surface area contributed by atoms with Crippen LogP contribution in [0.25, 0.3) is 22.2 Å². The van der Waals surface area contributed by atoms with Gasteiger partial charge in [-0.2, -0.15) is 0 Å². The molecule has 0 amide bonds. The van der Waals surface area contributed by atoms with E-state index in [2.05, 4.69) is 14.7 Å². The van der Waals surface area contributed by atoms with Crippen molar-refractivity contribution in [2.24, 2.45) is 5.73 Å². The van der Waals surface area contributed by atoms with Gasteiger partial charge in [0.1, 0.15) is 5.52 Å². The lowest BCUT2D eigenvalue weighted by Gasteiger charge is -2.11. The zero-order chi connectivity index (χ0) is 17.3. The average Bonchev–Trinajstić information content (AvgIpc) is 3.02. The molecule has 0 aliphatic heterocycles. The molecule has 9 heteroatoms. The lowest BCUT2D eigenvalue weighted by molar-refractivity contribution is -0.276. The number of oxazole rings is 1. The fourth-order valence-corrected chi connectivity index (χ4v) is 2.42. The third-order valence-electron chi connectivity index (χ3n) is 3.45. The maximum atomic E-state index is 12.2. The summed E-state index contributed by atoms with van der Waals surface area (Å²) in [6, 6.07) is 4.24. The monoisotopic (exact) mass is 339 g/mol. The minimum Gasteiger partial charge on any atom is -0.443 e. The average molecular weight is 339 g/mol. The number of fused-ring (bicyclic) bond motifs is 1. The first kappa shape index (κ1) is 16.2. The number of rotatable bonds is 4. The van der Waals surface area contributed by atoms with Crippen molar-refractivity contribution in [3.8, 4) is 17.0 Å². The summed E-state index contributed by atoms with van der Waals surface area (Å²) in [7, 11) is 0. The minimum atomic E-state index is -4.80. The topological polar surface area (TPSA) is 94.4 Å². The van der Waals surface area contributed by atoms with Crippen LogP contribution in [-0.4, -0.2) is 21.4 Å². The molecule has 3 N–H and O–H groups in total. The van der Waals surface area contributed by atoms with Crippen LogP contribution in [0.2, 0.25) is 0 Å². The van der Waals surface area contributed by atoms with Crippen LogP contribution in [0.1, 0.15) is 11.1 Å². The van der Waals surface area contributed by atoms with E-state index in [1.165, 1.54) is 18.7 Å². The van der Waals surface area contributed by atoms with Crippen LogP contribution in [0, 0.1) is 0 Å². The van der Waals surface area contributed by atoms with Crippen LogP contribution in [0.15, 0.2) is 35.2 Å². The van der Waals surface area contributed by atoms with Crippen LogP contribution in [0.3, 0.4) is 0 Å². The summed E-state index contributed by atoms with van der Waals surface area (Å²) >= 11 is 0. The predicted octanol–water partition coefficient (Wildman–Crippen LogP) is 2.74. The summed E-state index contributed by atoms with van der Waals surface area (Å²) in [5.41, 5.74) is 8.81. The summed E-state index contributed by atoms with van der Waals surface area (Å²) < 4.78 is 45.6. The van der Waals surface area contributed by atoms with Crippen molar-refractivity contribution in [3.05, 3.63) is 41.9 Å². The van der Waals surface area contributed by atoms with Gasteiger partial charge in [-0.05, 0) is 17.7 Å². The van der Waals surface area contributed by atoms with E-state index in [-0.39, 0.29) is 13.2 Å². The maximum absolute atomic E-state index is 12.2. The van der Waals surface area contributed by atoms with Gasteiger partial charge in [-0.1, -0.05) is 0 Å². The molecule has 0 saturated carbocycles. The Balaban J connectivity index is 2.08. The van der Waals surface area contributed by atoms with Gasteiger partial charge in [-0.25, -0.2) is 9.97 Å². The predicted molar refractivity (Wildman–Crippen MR) is 77.7 cm³/mol. The van der Waals surface area contributed by atoms with Gasteiger partial charge in [0.05, 0.1) is 6.61 Å². The molecule has 0 radical (unpaired) electrons. The van der Waals surface area contributed by atoms with Gasteiger partial charge in [0.25, 0.3) is 0 Å². The fraction of sp³-hybridized carbons (Fsp3) is 0.200. The van der Waals surface area contributed by atoms with Crippen molar-refractivity contribution in [2.45, 2.75) is 19.5 Å². The number of hydrogen-bond donors (Lipinski definition) is 2. The highest BCUT2D eigenvalue weighted by molar-refractivity contribution is 5.93. The number of halogens is 3. The maximum Gasteiger partial charge on any atom is 0.574 e. The van der Waals surface area contributed by atoms with Gasteiger partial charge in [0, 0.05) is 35.5 Å². The molecule has 2 aromatic heterocycles. The molecule has 0 fully saturated rings. The first-order valence-corrected chi connectivity index (χ1v) is 6.84. The summed E-state index contributed by atoms with van der Waals surface area (Å²) in [4.78, 5) is 7.75. The lowest BCUT2D eigenvalue weighted by atomic mass is 9.98. The molecular weight excluding hydrogens is 327 g/mol. The Labute approximate surface area is 133 Å². The number of ether oxygens (including phenoxy) is 1. The normalized spacial score (nSPS) is 11.9. The van der Waals surface area contributed by atoms with Gasteiger partial charge < -0.3 is 20.0 Å². The molecule has 126 valence electrons. The van der Waals surface area contributed by atoms with Crippen molar-refractivity contribution in [1.82, 2.24) is 9.97 Å². The molecule has 6 nitrogen and oxygen atoms in total. The quantitative estimate of drug-likeness (QED) is 0.759. The van der Waals surface area contributed by atoms with Crippen molar-refractivity contribution in [2.75, 3.05) is 0 Å². The SMILES string of the molecule is NCc1cc(-c2ccc(OC(F)(F)F)nc2)c2ncoc2c1CO. The highest BCUT2D eigenvalue weighted by Gasteiger charge is 2.31. The molecule has 3 rings (SSSR count). The molecule has 0 unspecified atom stereocenters. The van der Waals surface area contributed by atoms with Gasteiger partial charge in [0.2, 0.25) is 5.88 Å². The molecule has 0 atom stereocenters. The van der Waals surface area contributed by atoms with E-state index in [1.807, 2.05) is 0 Å². The van der Waals surface area contributed by atoms with Crippen molar-refractivity contribution < 1.29 is 27.4 Å². The second-order valence-electron chi connectivity index (χ2n) is 4.89. The molecule has 0 bridgehead atoms. The first-order chi connectivity index (χ1) is 11.4. The fourth-order valence-electron chi connectivity index (χ4n) is 2.42. The highest BCUT2D eigenvalue weighted by Crippen LogP contribution is 2.33. The number of aromatic nitrogens is 2. The third-order valence-corrected chi connectivity index (χ3v) is 3.45. The van der Waals surface area contributed by atoms with E-state index < -0.39 is 12.2 Å². The van der Waals surface area contributed by atoms with Crippen molar-refractivity contribution in [3.63, 3.8) is 0 Å². The highest BCUT2D eigenvalue weighted by atomic mass is 19.4. The molecule has 3 aromatic rings. The number of nitrogens with zero attached hydrogens (tertiary/aromatic N) is 2. The number of pyridine rings is 1. The Morgan fingerprint density at radius 3 is 2.62 bits per heavy atom. The Bertz CT molecular complexity index is 860. The van der Waals surface area contributed by atoms with Crippen LogP contribution >= 0.6 is 0 Å². The standard InChI is InChI=1S/C15H12F3N3O3/c16-15(17,18)24-12-2-1-8(5-20-12)10-3-9(4-19)11(6-22)14-13(10)21-7-23-14/h1-3,5,7,22H,4,6,19H2. The van der Waals surface area contributed by atoms with Crippen molar-refractivity contribution in [1.29, 1.82) is 0 Å². The van der Waals surface area contributed by atoms with E-state index in [4.69, 9.17) is 10.2 Å². The number of benzene rings is 1. The lowest BCUT2D eigenvalue weighted by Crippen LogP contribution is -2.17. The zero-order valence-corrected chi connectivity index (χ0v) is 12.2. The van der Waals surface area contributed by atoms with Crippen LogP contribution in [-0.2, 0) is 13.2 Å². The Morgan fingerprint density at radius 2 is 2.04 bits per heavy atom. The molecule has 0 saturated heterocycles. The van der Waals surface area contributed by atoms with E-state index in [0.29, 0.717) is 33.4 Å². The number of hydrogen-bond acceptors (Lipinski definition) is 6. The van der Waals surface area contributed by atoms with E-state index in [0.717, 1.165) is 6.07 Å². The Kier molecular flexibility index (Phi) is 4.12. The van der Waals surface area contributed by atoms with E-state index in [9.17, 15) is 18.3 Å². The van der Waals surface area contributed by atoms with Crippen LogP contribution in [0.4, 0.5) is 13.2 Å². The third kappa shape index (κ3) is 3.03. The molecule has 1 aromatic carbocycles. The Hall–Kier alpha value is -2.65. The van der Waals surface area contributed by atoms with Gasteiger partial charge in [0.15, 0.2) is 12.0 Å². The molecular formula is C15H12F3N3O3. The van der Waals surface area contributed by atoms with E-state index >= 15 is 0 Å². The van der Waals surface area contributed by atoms with Gasteiger partial charge in [-0.15, -0.1) is 13.2 Å². The first-order valence-electron chi connectivity index (χ1n) is 6.84. The summed E-state index contributed by atoms with van der Waals surface area (Å²) in [5.74, 6) is -0.561. The largest absolute Gasteiger partial charge is 0.574 e. The number of aliphatic hydroxyl groups is 1. The summed E-state index contributed by atoms with van der Waals surface area (Å²) in [6.45, 7) is -0.114. The Morgan fingerprint density at radius 1 is 1.25 bits per heavy atom. The second-order valence-corrected chi connectivity index (χ2v) is 4.89. The molecule has 24 heavy (non-hydrogen) atoms. The smallest absolute Gasteiger partial charge is 0.443 e. The zero-order valence-electron chi connectivity index (χ0n) is 12.2.